The van der Waals surface area contributed by atoms with E-state index in [1.165, 1.54) is 0 Å². The van der Waals surface area contributed by atoms with Crippen LogP contribution in [0.2, 0.25) is 0 Å². The SMILES string of the molecule is O=C(CC(=O)NC(=O)Nc1ccccc1)NC(=O)Nc1ccccc1. The number of hydrogen-bond donors (Lipinski definition) is 4. The van der Waals surface area contributed by atoms with E-state index < -0.39 is 30.3 Å². The first-order valence-corrected chi connectivity index (χ1v) is 7.34. The number of nitrogens with one attached hydrogen (secondary N) is 4. The molecule has 128 valence electrons. The molecule has 0 bridgehead atoms. The Balaban J connectivity index is 1.73. The summed E-state index contributed by atoms with van der Waals surface area (Å²) in [5.41, 5.74) is 0.999. The maximum absolute atomic E-state index is 11.6. The molecule has 6 amide bonds. The van der Waals surface area contributed by atoms with Crippen molar-refractivity contribution in [2.45, 2.75) is 6.42 Å². The standard InChI is InChI=1S/C17H16N4O4/c22-14(20-16(24)18-12-7-3-1-4-8-12)11-15(23)21-17(25)19-13-9-5-2-6-10-13/h1-10H,11H2,(H2,18,20,22,24)(H2,19,21,23,25). The Morgan fingerprint density at radius 3 is 1.32 bits per heavy atom. The van der Waals surface area contributed by atoms with E-state index in [1.807, 2.05) is 10.6 Å². The van der Waals surface area contributed by atoms with Crippen LogP contribution in [0.4, 0.5) is 21.0 Å². The molecule has 0 saturated carbocycles. The molecular weight excluding hydrogens is 324 g/mol. The van der Waals surface area contributed by atoms with Crippen LogP contribution < -0.4 is 21.3 Å². The van der Waals surface area contributed by atoms with Crippen LogP contribution in [0, 0.1) is 0 Å². The molecule has 0 fully saturated rings. The third-order valence-corrected chi connectivity index (χ3v) is 2.89. The lowest BCUT2D eigenvalue weighted by Crippen LogP contribution is -2.40. The average molecular weight is 340 g/mol. The minimum absolute atomic E-state index is 0.500. The first-order valence-electron chi connectivity index (χ1n) is 7.34. The van der Waals surface area contributed by atoms with Gasteiger partial charge in [0.25, 0.3) is 0 Å². The number of carbonyl (C=O) groups is 4. The molecule has 2 rings (SSSR count). The van der Waals surface area contributed by atoms with E-state index in [9.17, 15) is 19.2 Å². The number of benzene rings is 2. The van der Waals surface area contributed by atoms with Gasteiger partial charge in [0.2, 0.25) is 11.8 Å². The van der Waals surface area contributed by atoms with Gasteiger partial charge in [-0.3, -0.25) is 20.2 Å². The molecule has 0 atom stereocenters. The van der Waals surface area contributed by atoms with Crippen molar-refractivity contribution < 1.29 is 19.2 Å². The van der Waals surface area contributed by atoms with Gasteiger partial charge in [0, 0.05) is 11.4 Å². The normalized spacial score (nSPS) is 9.60. The van der Waals surface area contributed by atoms with Gasteiger partial charge in [-0.1, -0.05) is 36.4 Å². The lowest BCUT2D eigenvalue weighted by molar-refractivity contribution is -0.127. The largest absolute Gasteiger partial charge is 0.325 e. The molecule has 2 aromatic carbocycles. The van der Waals surface area contributed by atoms with Crippen LogP contribution in [-0.2, 0) is 9.59 Å². The average Bonchev–Trinajstić information content (AvgIpc) is 2.55. The molecular formula is C17H16N4O4. The van der Waals surface area contributed by atoms with Crippen LogP contribution in [0.3, 0.4) is 0 Å². The van der Waals surface area contributed by atoms with Crippen molar-refractivity contribution in [1.82, 2.24) is 10.6 Å². The van der Waals surface area contributed by atoms with E-state index in [-0.39, 0.29) is 0 Å². The Kier molecular flexibility index (Phi) is 6.24. The topological polar surface area (TPSA) is 116 Å². The number of para-hydroxylation sites is 2. The van der Waals surface area contributed by atoms with E-state index in [1.54, 1.807) is 60.7 Å². The second kappa shape index (κ2) is 8.82. The minimum Gasteiger partial charge on any atom is -0.308 e. The zero-order valence-corrected chi connectivity index (χ0v) is 13.1. The van der Waals surface area contributed by atoms with Crippen LogP contribution in [-0.4, -0.2) is 23.9 Å². The summed E-state index contributed by atoms with van der Waals surface area (Å²) in [6, 6.07) is 15.5. The molecule has 8 heteroatoms. The number of rotatable bonds is 4. The van der Waals surface area contributed by atoms with Crippen molar-refractivity contribution in [2.24, 2.45) is 0 Å². The van der Waals surface area contributed by atoms with Gasteiger partial charge in [-0.15, -0.1) is 0 Å². The van der Waals surface area contributed by atoms with Gasteiger partial charge < -0.3 is 10.6 Å². The molecule has 0 radical (unpaired) electrons. The van der Waals surface area contributed by atoms with E-state index >= 15 is 0 Å². The number of hydrogen-bond acceptors (Lipinski definition) is 4. The van der Waals surface area contributed by atoms with Crippen LogP contribution in [0.5, 0.6) is 0 Å². The summed E-state index contributed by atoms with van der Waals surface area (Å²) >= 11 is 0. The highest BCUT2D eigenvalue weighted by Crippen LogP contribution is 2.05. The van der Waals surface area contributed by atoms with Crippen LogP contribution in [0.25, 0.3) is 0 Å². The quantitative estimate of drug-likeness (QED) is 0.638. The number of urea groups is 2. The van der Waals surface area contributed by atoms with E-state index in [2.05, 4.69) is 10.6 Å². The summed E-state index contributed by atoms with van der Waals surface area (Å²) in [7, 11) is 0. The highest BCUT2D eigenvalue weighted by atomic mass is 16.2. The van der Waals surface area contributed by atoms with Gasteiger partial charge in [0.15, 0.2) is 0 Å². The molecule has 0 spiro atoms. The van der Waals surface area contributed by atoms with Crippen LogP contribution in [0.15, 0.2) is 60.7 Å². The summed E-state index contributed by atoms with van der Waals surface area (Å²) in [6.45, 7) is 0. The summed E-state index contributed by atoms with van der Waals surface area (Å²) in [5, 5.41) is 8.88. The van der Waals surface area contributed by atoms with Gasteiger partial charge in [0.1, 0.15) is 6.42 Å². The lowest BCUT2D eigenvalue weighted by Gasteiger charge is -2.08. The molecule has 0 aromatic heterocycles. The molecule has 4 N–H and O–H groups in total. The van der Waals surface area contributed by atoms with E-state index in [0.717, 1.165) is 0 Å². The Morgan fingerprint density at radius 2 is 0.960 bits per heavy atom. The molecule has 8 nitrogen and oxygen atoms in total. The third kappa shape index (κ3) is 6.53. The van der Waals surface area contributed by atoms with Crippen molar-refractivity contribution in [3.05, 3.63) is 60.7 Å². The van der Waals surface area contributed by atoms with Crippen molar-refractivity contribution >= 4 is 35.3 Å². The second-order valence-electron chi connectivity index (χ2n) is 4.91. The first kappa shape index (κ1) is 17.7. The molecule has 0 aliphatic heterocycles. The van der Waals surface area contributed by atoms with Gasteiger partial charge in [-0.2, -0.15) is 0 Å². The molecule has 0 unspecified atom stereocenters. The molecule has 25 heavy (non-hydrogen) atoms. The molecule has 2 aromatic rings. The zero-order chi connectivity index (χ0) is 18.1. The lowest BCUT2D eigenvalue weighted by atomic mass is 10.3. The molecule has 0 saturated heterocycles. The van der Waals surface area contributed by atoms with Gasteiger partial charge >= 0.3 is 12.1 Å². The summed E-state index contributed by atoms with van der Waals surface area (Å²) in [5.74, 6) is -1.67. The number of carbonyl (C=O) groups excluding carboxylic acids is 4. The van der Waals surface area contributed by atoms with E-state index in [0.29, 0.717) is 11.4 Å². The maximum atomic E-state index is 11.6. The molecule has 0 aliphatic carbocycles. The van der Waals surface area contributed by atoms with Crippen molar-refractivity contribution in [2.75, 3.05) is 10.6 Å². The molecule has 0 heterocycles. The summed E-state index contributed by atoms with van der Waals surface area (Å²) in [6.07, 6.45) is -0.662. The Labute approximate surface area is 143 Å². The Hall–Kier alpha value is -3.68. The first-order chi connectivity index (χ1) is 12.0. The van der Waals surface area contributed by atoms with Gasteiger partial charge in [-0.25, -0.2) is 9.59 Å². The van der Waals surface area contributed by atoms with Crippen molar-refractivity contribution in [1.29, 1.82) is 0 Å². The maximum Gasteiger partial charge on any atom is 0.325 e. The highest BCUT2D eigenvalue weighted by molar-refractivity contribution is 6.10. The number of imide groups is 2. The predicted molar refractivity (Wildman–Crippen MR) is 91.8 cm³/mol. The molecule has 0 aliphatic rings. The van der Waals surface area contributed by atoms with E-state index in [4.69, 9.17) is 0 Å². The van der Waals surface area contributed by atoms with Crippen LogP contribution in [0.1, 0.15) is 6.42 Å². The predicted octanol–water partition coefficient (Wildman–Crippen LogP) is 2.07. The smallest absolute Gasteiger partial charge is 0.308 e. The Morgan fingerprint density at radius 1 is 0.600 bits per heavy atom. The fraction of sp³-hybridized carbons (Fsp3) is 0.0588. The fourth-order valence-corrected chi connectivity index (χ4v) is 1.86. The summed E-state index contributed by atoms with van der Waals surface area (Å²) in [4.78, 5) is 46.5. The van der Waals surface area contributed by atoms with Gasteiger partial charge in [0.05, 0.1) is 0 Å². The van der Waals surface area contributed by atoms with Crippen LogP contribution >= 0.6 is 0 Å². The van der Waals surface area contributed by atoms with Crippen molar-refractivity contribution in [3.63, 3.8) is 0 Å². The number of anilines is 2. The minimum atomic E-state index is -0.835. The highest BCUT2D eigenvalue weighted by Gasteiger charge is 2.15. The Bertz CT molecular complexity index is 697. The van der Waals surface area contributed by atoms with Crippen molar-refractivity contribution in [3.8, 4) is 0 Å². The zero-order valence-electron chi connectivity index (χ0n) is 13.1. The number of amides is 6. The second-order valence-corrected chi connectivity index (χ2v) is 4.91. The fourth-order valence-electron chi connectivity index (χ4n) is 1.86. The van der Waals surface area contributed by atoms with Gasteiger partial charge in [-0.05, 0) is 24.3 Å². The monoisotopic (exact) mass is 340 g/mol. The third-order valence-electron chi connectivity index (χ3n) is 2.89. The summed E-state index contributed by atoms with van der Waals surface area (Å²) < 4.78 is 0.